The van der Waals surface area contributed by atoms with Gasteiger partial charge in [-0.3, -0.25) is 0 Å². The van der Waals surface area contributed by atoms with E-state index >= 15 is 0 Å². The molecule has 2 rings (SSSR count). The van der Waals surface area contributed by atoms with E-state index in [9.17, 15) is 13.2 Å². The average molecular weight is 462 g/mol. The molecule has 0 spiro atoms. The van der Waals surface area contributed by atoms with Crippen molar-refractivity contribution in [3.63, 3.8) is 0 Å². The molecule has 3 N–H and O–H groups in total. The molecule has 0 fully saturated rings. The van der Waals surface area contributed by atoms with Crippen LogP contribution in [0.1, 0.15) is 15.6 Å². The molecule has 0 amide bonds. The molecule has 0 unspecified atom stereocenters. The number of thiophene rings is 1. The first-order chi connectivity index (χ1) is 9.95. The summed E-state index contributed by atoms with van der Waals surface area (Å²) in [6, 6.07) is 3.99. The molecule has 4 nitrogen and oxygen atoms in total. The summed E-state index contributed by atoms with van der Waals surface area (Å²) in [5.74, 6) is 0.204. The van der Waals surface area contributed by atoms with Gasteiger partial charge in [-0.05, 0) is 17.9 Å². The molecule has 0 atom stereocenters. The molecule has 0 aliphatic heterocycles. The molecule has 0 radical (unpaired) electrons. The molecule has 0 saturated heterocycles. The van der Waals surface area contributed by atoms with Gasteiger partial charge in [-0.2, -0.15) is 13.2 Å². The van der Waals surface area contributed by atoms with Gasteiger partial charge in [0.1, 0.15) is 5.01 Å². The van der Waals surface area contributed by atoms with E-state index in [0.29, 0.717) is 6.54 Å². The summed E-state index contributed by atoms with van der Waals surface area (Å²) in [5, 5.41) is 6.17. The Kier molecular flexibility index (Phi) is 7.56. The number of hydrogen-bond acceptors (Lipinski definition) is 4. The third-order valence-electron chi connectivity index (χ3n) is 2.48. The molecule has 2 heterocycles. The van der Waals surface area contributed by atoms with Crippen molar-refractivity contribution in [1.82, 2.24) is 10.3 Å². The zero-order chi connectivity index (χ0) is 15.3. The summed E-state index contributed by atoms with van der Waals surface area (Å²) in [7, 11) is 0. The SMILES string of the molecule is I.NC(=NCc1nc(C(F)(F)F)cs1)NCCc1cccs1. The summed E-state index contributed by atoms with van der Waals surface area (Å²) in [6.45, 7) is 0.667. The van der Waals surface area contributed by atoms with Crippen LogP contribution in [0.5, 0.6) is 0 Å². The molecule has 122 valence electrons. The monoisotopic (exact) mass is 462 g/mol. The van der Waals surface area contributed by atoms with E-state index in [1.54, 1.807) is 11.3 Å². The number of rotatable bonds is 5. The van der Waals surface area contributed by atoms with Crippen molar-refractivity contribution in [2.24, 2.45) is 10.7 Å². The zero-order valence-corrected chi connectivity index (χ0v) is 15.2. The number of guanidine groups is 1. The number of nitrogens with two attached hydrogens (primary N) is 1. The maximum absolute atomic E-state index is 12.4. The van der Waals surface area contributed by atoms with Crippen molar-refractivity contribution in [2.75, 3.05) is 6.54 Å². The lowest BCUT2D eigenvalue weighted by Gasteiger charge is -2.03. The van der Waals surface area contributed by atoms with E-state index in [4.69, 9.17) is 5.73 Å². The Labute approximate surface area is 150 Å². The van der Waals surface area contributed by atoms with Gasteiger partial charge >= 0.3 is 6.18 Å². The Bertz CT molecular complexity index is 596. The van der Waals surface area contributed by atoms with Crippen LogP contribution in [-0.2, 0) is 19.1 Å². The largest absolute Gasteiger partial charge is 0.434 e. The normalized spacial score (nSPS) is 12.0. The van der Waals surface area contributed by atoms with Crippen molar-refractivity contribution >= 4 is 52.6 Å². The third kappa shape index (κ3) is 6.08. The molecule has 2 aromatic heterocycles. The van der Waals surface area contributed by atoms with Crippen molar-refractivity contribution in [3.8, 4) is 0 Å². The summed E-state index contributed by atoms with van der Waals surface area (Å²) in [6.07, 6.45) is -3.59. The van der Waals surface area contributed by atoms with E-state index in [1.165, 1.54) is 4.88 Å². The highest BCUT2D eigenvalue weighted by Crippen LogP contribution is 2.30. The van der Waals surface area contributed by atoms with Gasteiger partial charge in [0.15, 0.2) is 11.7 Å². The molecular weight excluding hydrogens is 448 g/mol. The van der Waals surface area contributed by atoms with Gasteiger partial charge in [0.2, 0.25) is 0 Å². The Balaban J connectivity index is 0.00000242. The predicted octanol–water partition coefficient (Wildman–Crippen LogP) is 3.49. The van der Waals surface area contributed by atoms with E-state index in [2.05, 4.69) is 15.3 Å². The van der Waals surface area contributed by atoms with Crippen LogP contribution in [-0.4, -0.2) is 17.5 Å². The Morgan fingerprint density at radius 1 is 1.36 bits per heavy atom. The van der Waals surface area contributed by atoms with E-state index in [1.807, 2.05) is 17.5 Å². The summed E-state index contributed by atoms with van der Waals surface area (Å²) < 4.78 is 37.1. The molecule has 0 aliphatic rings. The molecule has 0 aromatic carbocycles. The first-order valence-electron chi connectivity index (χ1n) is 6.03. The topological polar surface area (TPSA) is 63.3 Å². The van der Waals surface area contributed by atoms with Crippen LogP contribution >= 0.6 is 46.7 Å². The number of nitrogens with one attached hydrogen (secondary N) is 1. The average Bonchev–Trinajstić information content (AvgIpc) is 3.06. The van der Waals surface area contributed by atoms with E-state index < -0.39 is 11.9 Å². The Hall–Kier alpha value is -0.880. The number of aliphatic imine (C=N–C) groups is 1. The van der Waals surface area contributed by atoms with Gasteiger partial charge in [0.05, 0.1) is 6.54 Å². The smallest absolute Gasteiger partial charge is 0.370 e. The third-order valence-corrected chi connectivity index (χ3v) is 4.25. The van der Waals surface area contributed by atoms with Crippen LogP contribution in [0.4, 0.5) is 13.2 Å². The second-order valence-electron chi connectivity index (χ2n) is 4.08. The van der Waals surface area contributed by atoms with Crippen LogP contribution in [0, 0.1) is 0 Å². The fourth-order valence-corrected chi connectivity index (χ4v) is 2.92. The molecule has 2 aromatic rings. The van der Waals surface area contributed by atoms with Crippen molar-refractivity contribution in [2.45, 2.75) is 19.1 Å². The fraction of sp³-hybridized carbons (Fsp3) is 0.333. The highest BCUT2D eigenvalue weighted by atomic mass is 127. The van der Waals surface area contributed by atoms with Gasteiger partial charge in [0.25, 0.3) is 0 Å². The highest BCUT2D eigenvalue weighted by molar-refractivity contribution is 14.0. The molecule has 0 saturated carbocycles. The highest BCUT2D eigenvalue weighted by Gasteiger charge is 2.33. The minimum absolute atomic E-state index is 0. The van der Waals surface area contributed by atoms with E-state index in [0.717, 1.165) is 23.1 Å². The molecular formula is C12H14F3IN4S2. The van der Waals surface area contributed by atoms with Gasteiger partial charge in [-0.15, -0.1) is 46.7 Å². The summed E-state index contributed by atoms with van der Waals surface area (Å²) >= 11 is 2.57. The molecule has 22 heavy (non-hydrogen) atoms. The minimum atomic E-state index is -4.41. The number of nitrogens with zero attached hydrogens (tertiary/aromatic N) is 2. The lowest BCUT2D eigenvalue weighted by Crippen LogP contribution is -2.33. The lowest BCUT2D eigenvalue weighted by atomic mass is 10.3. The maximum atomic E-state index is 12.4. The number of alkyl halides is 3. The zero-order valence-electron chi connectivity index (χ0n) is 11.3. The van der Waals surface area contributed by atoms with Crippen LogP contribution in [0.2, 0.25) is 0 Å². The quantitative estimate of drug-likeness (QED) is 0.407. The molecule has 10 heteroatoms. The number of hydrogen-bond donors (Lipinski definition) is 2. The van der Waals surface area contributed by atoms with E-state index in [-0.39, 0.29) is 41.5 Å². The maximum Gasteiger partial charge on any atom is 0.434 e. The van der Waals surface area contributed by atoms with Crippen molar-refractivity contribution < 1.29 is 13.2 Å². The summed E-state index contributed by atoms with van der Waals surface area (Å²) in [5.41, 5.74) is 4.76. The molecule has 0 bridgehead atoms. The van der Waals surface area contributed by atoms with Gasteiger partial charge in [-0.25, -0.2) is 9.98 Å². The van der Waals surface area contributed by atoms with Gasteiger partial charge < -0.3 is 11.1 Å². The van der Waals surface area contributed by atoms with Crippen molar-refractivity contribution in [3.05, 3.63) is 38.5 Å². The Morgan fingerprint density at radius 3 is 2.73 bits per heavy atom. The first-order valence-corrected chi connectivity index (χ1v) is 7.79. The number of halogens is 4. The number of thiazole rings is 1. The Morgan fingerprint density at radius 2 is 2.14 bits per heavy atom. The standard InChI is InChI=1S/C12H13F3N4S2.HI/c13-12(14,15)9-7-21-10(19-9)6-18-11(16)17-4-3-8-2-1-5-20-8;/h1-2,5,7H,3-4,6H2,(H3,16,17,18);1H. The van der Waals surface area contributed by atoms with Crippen LogP contribution in [0.15, 0.2) is 27.9 Å². The minimum Gasteiger partial charge on any atom is -0.370 e. The van der Waals surface area contributed by atoms with Gasteiger partial charge in [-0.1, -0.05) is 6.07 Å². The first kappa shape index (κ1) is 19.2. The van der Waals surface area contributed by atoms with Crippen LogP contribution in [0.25, 0.3) is 0 Å². The molecule has 0 aliphatic carbocycles. The lowest BCUT2D eigenvalue weighted by molar-refractivity contribution is -0.140. The van der Waals surface area contributed by atoms with Crippen molar-refractivity contribution in [1.29, 1.82) is 0 Å². The second kappa shape index (κ2) is 8.67. The van der Waals surface area contributed by atoms with Crippen LogP contribution < -0.4 is 11.1 Å². The number of aromatic nitrogens is 1. The second-order valence-corrected chi connectivity index (χ2v) is 6.06. The predicted molar refractivity (Wildman–Crippen MR) is 93.9 cm³/mol. The van der Waals surface area contributed by atoms with Crippen LogP contribution in [0.3, 0.4) is 0 Å². The fourth-order valence-electron chi connectivity index (χ4n) is 1.49. The summed E-state index contributed by atoms with van der Waals surface area (Å²) in [4.78, 5) is 8.68. The van der Waals surface area contributed by atoms with Gasteiger partial charge in [0, 0.05) is 16.8 Å².